The number of hydrogen-bond acceptors (Lipinski definition) is 2. The van der Waals surface area contributed by atoms with Crippen molar-refractivity contribution in [3.05, 3.63) is 23.8 Å². The van der Waals surface area contributed by atoms with Gasteiger partial charge in [0.25, 0.3) is 0 Å². The molecule has 2 nitrogen and oxygen atoms in total. The second kappa shape index (κ2) is 3.76. The molecule has 0 aromatic heterocycles. The Morgan fingerprint density at radius 2 is 2.20 bits per heavy atom. The van der Waals surface area contributed by atoms with Gasteiger partial charge in [-0.05, 0) is 37.5 Å². The number of anilines is 1. The van der Waals surface area contributed by atoms with Crippen LogP contribution in [0.25, 0.3) is 0 Å². The molecular weight excluding hydrogens is 186 g/mol. The molecule has 1 aromatic rings. The molecule has 2 rings (SSSR count). The Morgan fingerprint density at radius 1 is 1.40 bits per heavy atom. The first-order chi connectivity index (χ1) is 7.17. The Labute approximate surface area is 91.6 Å². The summed E-state index contributed by atoms with van der Waals surface area (Å²) in [6.07, 6.45) is 2.09. The average molecular weight is 205 g/mol. The number of hydrogen-bond donors (Lipinski definition) is 1. The van der Waals surface area contributed by atoms with Gasteiger partial charge in [0.15, 0.2) is 0 Å². The van der Waals surface area contributed by atoms with Crippen molar-refractivity contribution < 1.29 is 4.74 Å². The molecule has 1 aliphatic heterocycles. The maximum Gasteiger partial charge on any atom is 0.143 e. The molecule has 1 aromatic carbocycles. The molecule has 0 bridgehead atoms. The predicted molar refractivity (Wildman–Crippen MR) is 63.6 cm³/mol. The van der Waals surface area contributed by atoms with Gasteiger partial charge in [0, 0.05) is 0 Å². The summed E-state index contributed by atoms with van der Waals surface area (Å²) in [7, 11) is 0. The third-order valence-corrected chi connectivity index (χ3v) is 3.21. The fourth-order valence-corrected chi connectivity index (χ4v) is 1.81. The Morgan fingerprint density at radius 3 is 2.87 bits per heavy atom. The van der Waals surface area contributed by atoms with E-state index in [4.69, 9.17) is 4.74 Å². The van der Waals surface area contributed by atoms with E-state index in [0.717, 1.165) is 30.8 Å². The molecule has 0 aliphatic carbocycles. The van der Waals surface area contributed by atoms with Crippen molar-refractivity contribution in [2.75, 3.05) is 11.9 Å². The van der Waals surface area contributed by atoms with Gasteiger partial charge in [-0.2, -0.15) is 0 Å². The number of fused-ring (bicyclic) bond motifs is 1. The van der Waals surface area contributed by atoms with E-state index in [1.165, 1.54) is 5.56 Å². The lowest BCUT2D eigenvalue weighted by atomic mass is 10.0. The van der Waals surface area contributed by atoms with Crippen molar-refractivity contribution in [1.29, 1.82) is 0 Å². The Kier molecular flexibility index (Phi) is 2.59. The van der Waals surface area contributed by atoms with Gasteiger partial charge < -0.3 is 10.1 Å². The molecule has 15 heavy (non-hydrogen) atoms. The molecule has 2 heteroatoms. The van der Waals surface area contributed by atoms with Crippen LogP contribution in [0.4, 0.5) is 5.69 Å². The fourth-order valence-electron chi connectivity index (χ4n) is 1.81. The van der Waals surface area contributed by atoms with E-state index in [1.807, 2.05) is 0 Å². The summed E-state index contributed by atoms with van der Waals surface area (Å²) in [6.45, 7) is 7.37. The van der Waals surface area contributed by atoms with Crippen LogP contribution in [0.2, 0.25) is 0 Å². The summed E-state index contributed by atoms with van der Waals surface area (Å²) in [5, 5.41) is 3.45. The van der Waals surface area contributed by atoms with E-state index in [0.29, 0.717) is 0 Å². The maximum absolute atomic E-state index is 6.01. The third kappa shape index (κ3) is 1.94. The minimum Gasteiger partial charge on any atom is -0.484 e. The molecule has 0 saturated carbocycles. The van der Waals surface area contributed by atoms with Gasteiger partial charge in [-0.15, -0.1) is 0 Å². The molecule has 1 heterocycles. The highest BCUT2D eigenvalue weighted by molar-refractivity contribution is 5.60. The summed E-state index contributed by atoms with van der Waals surface area (Å²) < 4.78 is 6.01. The summed E-state index contributed by atoms with van der Waals surface area (Å²) >= 11 is 0. The lowest BCUT2D eigenvalue weighted by Gasteiger charge is -2.36. The molecule has 1 aliphatic rings. The van der Waals surface area contributed by atoms with Crippen LogP contribution in [-0.4, -0.2) is 12.1 Å². The van der Waals surface area contributed by atoms with Crippen molar-refractivity contribution in [3.8, 4) is 5.75 Å². The van der Waals surface area contributed by atoms with Crippen LogP contribution in [0.5, 0.6) is 5.75 Å². The van der Waals surface area contributed by atoms with Crippen LogP contribution in [-0.2, 0) is 6.42 Å². The van der Waals surface area contributed by atoms with Gasteiger partial charge in [-0.3, -0.25) is 0 Å². The first-order valence-corrected chi connectivity index (χ1v) is 5.72. The predicted octanol–water partition coefficient (Wildman–Crippen LogP) is 3.22. The lowest BCUT2D eigenvalue weighted by Crippen LogP contribution is -2.42. The number of aryl methyl sites for hydroxylation is 1. The SMILES string of the molecule is CCc1ccc2c(c1)NCC(C)(CC)O2. The molecular formula is C13H19NO. The molecule has 0 radical (unpaired) electrons. The summed E-state index contributed by atoms with van der Waals surface area (Å²) in [5.41, 5.74) is 2.44. The van der Waals surface area contributed by atoms with Crippen LogP contribution in [0.3, 0.4) is 0 Å². The van der Waals surface area contributed by atoms with E-state index < -0.39 is 0 Å². The average Bonchev–Trinajstić information content (AvgIpc) is 2.28. The van der Waals surface area contributed by atoms with Crippen molar-refractivity contribution in [2.45, 2.75) is 39.2 Å². The minimum absolute atomic E-state index is 0.0548. The van der Waals surface area contributed by atoms with E-state index >= 15 is 0 Å². The zero-order valence-electron chi connectivity index (χ0n) is 9.76. The minimum atomic E-state index is -0.0548. The van der Waals surface area contributed by atoms with Crippen molar-refractivity contribution in [1.82, 2.24) is 0 Å². The Hall–Kier alpha value is -1.18. The van der Waals surface area contributed by atoms with Crippen molar-refractivity contribution in [2.24, 2.45) is 0 Å². The van der Waals surface area contributed by atoms with Crippen molar-refractivity contribution in [3.63, 3.8) is 0 Å². The largest absolute Gasteiger partial charge is 0.484 e. The van der Waals surface area contributed by atoms with Gasteiger partial charge in [-0.25, -0.2) is 0 Å². The van der Waals surface area contributed by atoms with Crippen LogP contribution < -0.4 is 10.1 Å². The van der Waals surface area contributed by atoms with Crippen molar-refractivity contribution >= 4 is 5.69 Å². The Bertz CT molecular complexity index is 362. The second-order valence-electron chi connectivity index (χ2n) is 4.44. The van der Waals surface area contributed by atoms with Gasteiger partial charge in [-0.1, -0.05) is 19.9 Å². The van der Waals surface area contributed by atoms with Crippen LogP contribution in [0, 0.1) is 0 Å². The lowest BCUT2D eigenvalue weighted by molar-refractivity contribution is 0.0911. The fraction of sp³-hybridized carbons (Fsp3) is 0.538. The van der Waals surface area contributed by atoms with Gasteiger partial charge in [0.05, 0.1) is 12.2 Å². The second-order valence-corrected chi connectivity index (χ2v) is 4.44. The van der Waals surface area contributed by atoms with Gasteiger partial charge >= 0.3 is 0 Å². The molecule has 0 saturated heterocycles. The molecule has 0 fully saturated rings. The molecule has 82 valence electrons. The molecule has 0 spiro atoms. The topological polar surface area (TPSA) is 21.3 Å². The number of rotatable bonds is 2. The van der Waals surface area contributed by atoms with Crippen LogP contribution in [0.1, 0.15) is 32.8 Å². The Balaban J connectivity index is 2.28. The highest BCUT2D eigenvalue weighted by Crippen LogP contribution is 2.34. The molecule has 1 N–H and O–H groups in total. The summed E-state index contributed by atoms with van der Waals surface area (Å²) in [4.78, 5) is 0. The highest BCUT2D eigenvalue weighted by Gasteiger charge is 2.29. The smallest absolute Gasteiger partial charge is 0.143 e. The first kappa shape index (κ1) is 10.3. The van der Waals surface area contributed by atoms with Crippen LogP contribution in [0.15, 0.2) is 18.2 Å². The standard InChI is InChI=1S/C13H19NO/c1-4-10-6-7-12-11(8-10)14-9-13(3,5-2)15-12/h6-8,14H,4-5,9H2,1-3H3. The van der Waals surface area contributed by atoms with E-state index in [9.17, 15) is 0 Å². The highest BCUT2D eigenvalue weighted by atomic mass is 16.5. The normalized spacial score (nSPS) is 23.9. The quantitative estimate of drug-likeness (QED) is 0.800. The number of nitrogens with one attached hydrogen (secondary N) is 1. The van der Waals surface area contributed by atoms with E-state index in [1.54, 1.807) is 0 Å². The maximum atomic E-state index is 6.01. The monoisotopic (exact) mass is 205 g/mol. The molecule has 1 atom stereocenters. The third-order valence-electron chi connectivity index (χ3n) is 3.21. The number of benzene rings is 1. The summed E-state index contributed by atoms with van der Waals surface area (Å²) in [5.74, 6) is 0.989. The first-order valence-electron chi connectivity index (χ1n) is 5.72. The number of ether oxygens (including phenoxy) is 1. The van der Waals surface area contributed by atoms with Gasteiger partial charge in [0.2, 0.25) is 0 Å². The van der Waals surface area contributed by atoms with Crippen LogP contribution >= 0.6 is 0 Å². The zero-order valence-corrected chi connectivity index (χ0v) is 9.76. The zero-order chi connectivity index (χ0) is 10.9. The van der Waals surface area contributed by atoms with Gasteiger partial charge in [0.1, 0.15) is 11.4 Å². The summed E-state index contributed by atoms with van der Waals surface area (Å²) in [6, 6.07) is 6.40. The molecule has 1 unspecified atom stereocenters. The van der Waals surface area contributed by atoms with E-state index in [-0.39, 0.29) is 5.60 Å². The molecule has 0 amide bonds. The van der Waals surface area contributed by atoms with E-state index in [2.05, 4.69) is 44.3 Å².